The Morgan fingerprint density at radius 2 is 2.00 bits per heavy atom. The Bertz CT molecular complexity index is 171. The summed E-state index contributed by atoms with van der Waals surface area (Å²) in [6, 6.07) is 0. The highest BCUT2D eigenvalue weighted by atomic mass is 19.1. The normalized spacial score (nSPS) is 29.8. The predicted molar refractivity (Wildman–Crippen MR) is 38.8 cm³/mol. The molecule has 2 nitrogen and oxygen atoms in total. The minimum absolute atomic E-state index is 0.342. The highest BCUT2D eigenvalue weighted by Crippen LogP contribution is 2.35. The van der Waals surface area contributed by atoms with Gasteiger partial charge < -0.3 is 4.74 Å². The van der Waals surface area contributed by atoms with Crippen LogP contribution in [0.1, 0.15) is 27.2 Å². The molecule has 0 radical (unpaired) electrons. The van der Waals surface area contributed by atoms with Crippen molar-refractivity contribution in [2.24, 2.45) is 5.92 Å². The van der Waals surface area contributed by atoms with Crippen molar-refractivity contribution in [1.82, 2.24) is 0 Å². The van der Waals surface area contributed by atoms with E-state index in [1.54, 1.807) is 20.8 Å². The van der Waals surface area contributed by atoms with Gasteiger partial charge in [-0.05, 0) is 27.2 Å². The van der Waals surface area contributed by atoms with Gasteiger partial charge >= 0.3 is 5.97 Å². The summed E-state index contributed by atoms with van der Waals surface area (Å²) in [6.45, 7) is 5.33. The third kappa shape index (κ3) is 2.48. The Balaban J connectivity index is 2.33. The molecule has 0 amide bonds. The van der Waals surface area contributed by atoms with Gasteiger partial charge in [-0.25, -0.2) is 4.39 Å². The summed E-state index contributed by atoms with van der Waals surface area (Å²) in [5, 5.41) is 0. The van der Waals surface area contributed by atoms with Gasteiger partial charge in [-0.1, -0.05) is 0 Å². The number of alkyl halides is 1. The van der Waals surface area contributed by atoms with Crippen LogP contribution in [0.4, 0.5) is 4.39 Å². The summed E-state index contributed by atoms with van der Waals surface area (Å²) < 4.78 is 17.3. The average Bonchev–Trinajstić information content (AvgIpc) is 2.41. The third-order valence-corrected chi connectivity index (χ3v) is 1.42. The Labute approximate surface area is 65.7 Å². The molecule has 1 saturated carbocycles. The number of carbonyl (C=O) groups is 1. The maximum absolute atomic E-state index is 12.3. The molecule has 3 heteroatoms. The number of carbonyl (C=O) groups excluding carboxylic acids is 1. The molecule has 2 atom stereocenters. The fourth-order valence-corrected chi connectivity index (χ4v) is 0.785. The monoisotopic (exact) mass is 160 g/mol. The molecular formula is C8H13FO2. The minimum atomic E-state index is -0.954. The molecule has 0 aliphatic heterocycles. The van der Waals surface area contributed by atoms with Gasteiger partial charge in [-0.15, -0.1) is 0 Å². The molecule has 1 rings (SSSR count). The molecule has 0 aromatic rings. The van der Waals surface area contributed by atoms with Crippen LogP contribution in [0.25, 0.3) is 0 Å². The van der Waals surface area contributed by atoms with E-state index in [9.17, 15) is 9.18 Å². The molecule has 0 unspecified atom stereocenters. The fraction of sp³-hybridized carbons (Fsp3) is 0.875. The van der Waals surface area contributed by atoms with E-state index in [-0.39, 0.29) is 0 Å². The third-order valence-electron chi connectivity index (χ3n) is 1.42. The number of halogens is 1. The van der Waals surface area contributed by atoms with Crippen LogP contribution in [0.2, 0.25) is 0 Å². The zero-order chi connectivity index (χ0) is 8.65. The maximum atomic E-state index is 12.3. The lowest BCUT2D eigenvalue weighted by molar-refractivity contribution is -0.156. The van der Waals surface area contributed by atoms with Crippen LogP contribution in [-0.4, -0.2) is 17.7 Å². The van der Waals surface area contributed by atoms with E-state index in [2.05, 4.69) is 0 Å². The predicted octanol–water partition coefficient (Wildman–Crippen LogP) is 1.69. The lowest BCUT2D eigenvalue weighted by atomic mass is 10.2. The standard InChI is InChI=1S/C8H13FO2/c1-8(2,3)11-7(10)5-4-6(5)9/h5-6H,4H2,1-3H3/t5-,6-/m1/s1. The Morgan fingerprint density at radius 3 is 2.27 bits per heavy atom. The van der Waals surface area contributed by atoms with Crippen molar-refractivity contribution < 1.29 is 13.9 Å². The van der Waals surface area contributed by atoms with E-state index in [4.69, 9.17) is 4.74 Å². The molecule has 0 spiro atoms. The molecule has 1 fully saturated rings. The van der Waals surface area contributed by atoms with Crippen LogP contribution in [0, 0.1) is 5.92 Å². The zero-order valence-corrected chi connectivity index (χ0v) is 7.06. The quantitative estimate of drug-likeness (QED) is 0.545. The fourth-order valence-electron chi connectivity index (χ4n) is 0.785. The maximum Gasteiger partial charge on any atom is 0.312 e. The summed E-state index contributed by atoms with van der Waals surface area (Å²) >= 11 is 0. The first-order valence-electron chi connectivity index (χ1n) is 3.77. The van der Waals surface area contributed by atoms with Crippen molar-refractivity contribution in [3.05, 3.63) is 0 Å². The van der Waals surface area contributed by atoms with Gasteiger partial charge in [-0.3, -0.25) is 4.79 Å². The van der Waals surface area contributed by atoms with Crippen molar-refractivity contribution in [3.8, 4) is 0 Å². The van der Waals surface area contributed by atoms with Gasteiger partial charge in [-0.2, -0.15) is 0 Å². The summed E-state index contributed by atoms with van der Waals surface area (Å²) in [6.07, 6.45) is -0.612. The van der Waals surface area contributed by atoms with Crippen molar-refractivity contribution in [3.63, 3.8) is 0 Å². The number of ether oxygens (including phenoxy) is 1. The van der Waals surface area contributed by atoms with Crippen molar-refractivity contribution >= 4 is 5.97 Å². The molecule has 1 aliphatic rings. The number of hydrogen-bond donors (Lipinski definition) is 0. The Kier molecular flexibility index (Phi) is 1.90. The van der Waals surface area contributed by atoms with Gasteiger partial charge in [0.2, 0.25) is 0 Å². The van der Waals surface area contributed by atoms with Crippen molar-refractivity contribution in [2.45, 2.75) is 39.0 Å². The first kappa shape index (κ1) is 8.50. The smallest absolute Gasteiger partial charge is 0.312 e. The Morgan fingerprint density at radius 1 is 1.55 bits per heavy atom. The molecule has 0 aromatic carbocycles. The second kappa shape index (κ2) is 2.47. The summed E-state index contributed by atoms with van der Waals surface area (Å²) in [5.74, 6) is -0.876. The van der Waals surface area contributed by atoms with Crippen LogP contribution in [0.5, 0.6) is 0 Å². The highest BCUT2D eigenvalue weighted by molar-refractivity contribution is 5.76. The molecule has 64 valence electrons. The largest absolute Gasteiger partial charge is 0.460 e. The Hall–Kier alpha value is -0.600. The van der Waals surface area contributed by atoms with Gasteiger partial charge in [0.1, 0.15) is 11.8 Å². The first-order valence-corrected chi connectivity index (χ1v) is 3.77. The second-order valence-corrected chi connectivity index (χ2v) is 3.89. The van der Waals surface area contributed by atoms with Gasteiger partial charge in [0.15, 0.2) is 0 Å². The highest BCUT2D eigenvalue weighted by Gasteiger charge is 2.46. The molecular weight excluding hydrogens is 147 g/mol. The van der Waals surface area contributed by atoms with Crippen LogP contribution in [0.3, 0.4) is 0 Å². The van der Waals surface area contributed by atoms with E-state index >= 15 is 0 Å². The van der Waals surface area contributed by atoms with E-state index in [1.807, 2.05) is 0 Å². The average molecular weight is 160 g/mol. The molecule has 1 aliphatic carbocycles. The number of rotatable bonds is 1. The molecule has 0 saturated heterocycles. The molecule has 0 bridgehead atoms. The number of hydrogen-bond acceptors (Lipinski definition) is 2. The van der Waals surface area contributed by atoms with Crippen LogP contribution in [-0.2, 0) is 9.53 Å². The lowest BCUT2D eigenvalue weighted by Crippen LogP contribution is -2.25. The molecule has 0 aromatic heterocycles. The van der Waals surface area contributed by atoms with Gasteiger partial charge in [0.05, 0.1) is 5.92 Å². The van der Waals surface area contributed by atoms with E-state index in [1.165, 1.54) is 0 Å². The molecule has 11 heavy (non-hydrogen) atoms. The van der Waals surface area contributed by atoms with Crippen LogP contribution < -0.4 is 0 Å². The number of esters is 1. The van der Waals surface area contributed by atoms with Gasteiger partial charge in [0, 0.05) is 0 Å². The van der Waals surface area contributed by atoms with E-state index in [0.717, 1.165) is 0 Å². The minimum Gasteiger partial charge on any atom is -0.460 e. The van der Waals surface area contributed by atoms with Crippen molar-refractivity contribution in [1.29, 1.82) is 0 Å². The molecule has 0 N–H and O–H groups in total. The second-order valence-electron chi connectivity index (χ2n) is 3.89. The lowest BCUT2D eigenvalue weighted by Gasteiger charge is -2.19. The summed E-state index contributed by atoms with van der Waals surface area (Å²) in [4.78, 5) is 11.0. The topological polar surface area (TPSA) is 26.3 Å². The van der Waals surface area contributed by atoms with Crippen LogP contribution >= 0.6 is 0 Å². The van der Waals surface area contributed by atoms with Crippen molar-refractivity contribution in [2.75, 3.05) is 0 Å². The van der Waals surface area contributed by atoms with Crippen LogP contribution in [0.15, 0.2) is 0 Å². The van der Waals surface area contributed by atoms with E-state index in [0.29, 0.717) is 6.42 Å². The van der Waals surface area contributed by atoms with Gasteiger partial charge in [0.25, 0.3) is 0 Å². The SMILES string of the molecule is CC(C)(C)OC(=O)[C@@H]1C[C@H]1F. The summed E-state index contributed by atoms with van der Waals surface area (Å²) in [7, 11) is 0. The van der Waals surface area contributed by atoms with E-state index < -0.39 is 23.7 Å². The summed E-state index contributed by atoms with van der Waals surface area (Å²) in [5.41, 5.74) is -0.487. The first-order chi connectivity index (χ1) is 4.90. The molecule has 0 heterocycles. The zero-order valence-electron chi connectivity index (χ0n) is 7.06.